The molecule has 110 valence electrons. The maximum Gasteiger partial charge on any atom is 0.234 e. The lowest BCUT2D eigenvalue weighted by molar-refractivity contribution is -0.143. The molecule has 2 N–H and O–H groups in total. The Morgan fingerprint density at radius 2 is 2.00 bits per heavy atom. The number of β-amino-alcohol motifs (C(OH)–C–C–N with tert-alkyl or cyclic N) is 1. The van der Waals surface area contributed by atoms with Crippen molar-refractivity contribution >= 4 is 5.91 Å². The zero-order valence-electron chi connectivity index (χ0n) is 12.5. The molecule has 0 aromatic carbocycles. The van der Waals surface area contributed by atoms with Gasteiger partial charge in [0.25, 0.3) is 0 Å². The Morgan fingerprint density at radius 1 is 1.37 bits per heavy atom. The Balaban J connectivity index is 1.71. The molecule has 19 heavy (non-hydrogen) atoms. The molecule has 2 atom stereocenters. The average Bonchev–Trinajstić information content (AvgIpc) is 2.29. The Bertz CT molecular complexity index is 324. The molecule has 4 heteroatoms. The second kappa shape index (κ2) is 5.80. The molecule has 0 bridgehead atoms. The molecule has 0 aromatic rings. The van der Waals surface area contributed by atoms with Crippen LogP contribution < -0.4 is 5.32 Å². The molecule has 0 spiro atoms. The van der Waals surface area contributed by atoms with Gasteiger partial charge < -0.3 is 10.4 Å². The van der Waals surface area contributed by atoms with Crippen LogP contribution in [0, 0.1) is 11.8 Å². The smallest absolute Gasteiger partial charge is 0.234 e. The van der Waals surface area contributed by atoms with E-state index in [9.17, 15) is 9.90 Å². The molecule has 1 saturated heterocycles. The van der Waals surface area contributed by atoms with Crippen molar-refractivity contribution < 1.29 is 9.90 Å². The first kappa shape index (κ1) is 14.8. The van der Waals surface area contributed by atoms with E-state index < -0.39 is 5.60 Å². The highest BCUT2D eigenvalue weighted by Gasteiger charge is 2.44. The summed E-state index contributed by atoms with van der Waals surface area (Å²) < 4.78 is 0. The Labute approximate surface area is 116 Å². The molecule has 2 aliphatic rings. The third-order valence-electron chi connectivity index (χ3n) is 4.89. The maximum atomic E-state index is 12.0. The summed E-state index contributed by atoms with van der Waals surface area (Å²) in [4.78, 5) is 14.0. The zero-order valence-corrected chi connectivity index (χ0v) is 12.5. The molecule has 1 saturated carbocycles. The first-order valence-corrected chi connectivity index (χ1v) is 7.65. The summed E-state index contributed by atoms with van der Waals surface area (Å²) in [6, 6.07) is 0.353. The summed E-state index contributed by atoms with van der Waals surface area (Å²) in [6.45, 7) is 7.96. The van der Waals surface area contributed by atoms with Gasteiger partial charge in [0.2, 0.25) is 5.91 Å². The Morgan fingerprint density at radius 3 is 2.58 bits per heavy atom. The number of carbonyl (C=O) groups excluding carboxylic acids is 1. The van der Waals surface area contributed by atoms with Crippen molar-refractivity contribution in [1.82, 2.24) is 10.2 Å². The summed E-state index contributed by atoms with van der Waals surface area (Å²) in [7, 11) is 0. The third-order valence-corrected chi connectivity index (χ3v) is 4.89. The fourth-order valence-corrected chi connectivity index (χ4v) is 3.19. The number of hydrogen-bond donors (Lipinski definition) is 2. The van der Waals surface area contributed by atoms with Crippen molar-refractivity contribution in [3.8, 4) is 0 Å². The molecule has 0 radical (unpaired) electrons. The summed E-state index contributed by atoms with van der Waals surface area (Å²) >= 11 is 0. The lowest BCUT2D eigenvalue weighted by Gasteiger charge is -2.49. The van der Waals surface area contributed by atoms with Gasteiger partial charge in [-0.15, -0.1) is 0 Å². The normalized spacial score (nSPS) is 31.0. The van der Waals surface area contributed by atoms with Crippen molar-refractivity contribution in [2.45, 2.75) is 58.1 Å². The maximum absolute atomic E-state index is 12.0. The minimum Gasteiger partial charge on any atom is -0.387 e. The number of nitrogens with one attached hydrogen (secondary N) is 1. The highest BCUT2D eigenvalue weighted by molar-refractivity contribution is 5.78. The molecule has 1 aliphatic carbocycles. The van der Waals surface area contributed by atoms with Gasteiger partial charge in [0, 0.05) is 19.1 Å². The van der Waals surface area contributed by atoms with E-state index in [1.165, 1.54) is 19.3 Å². The van der Waals surface area contributed by atoms with E-state index in [0.29, 0.717) is 31.6 Å². The monoisotopic (exact) mass is 268 g/mol. The van der Waals surface area contributed by atoms with Gasteiger partial charge in [0.05, 0.1) is 12.1 Å². The average molecular weight is 268 g/mol. The first-order chi connectivity index (χ1) is 8.90. The van der Waals surface area contributed by atoms with Crippen LogP contribution in [0.2, 0.25) is 0 Å². The van der Waals surface area contributed by atoms with Crippen molar-refractivity contribution in [3.63, 3.8) is 0 Å². The minimum absolute atomic E-state index is 0.115. The fourth-order valence-electron chi connectivity index (χ4n) is 3.19. The number of nitrogens with zero attached hydrogens (tertiary/aromatic N) is 1. The molecule has 2 unspecified atom stereocenters. The number of aliphatic hydroxyl groups is 1. The third kappa shape index (κ3) is 3.48. The number of rotatable bonds is 4. The molecule has 2 fully saturated rings. The van der Waals surface area contributed by atoms with E-state index in [2.05, 4.69) is 12.2 Å². The molecule has 1 amide bonds. The molecule has 2 rings (SSSR count). The van der Waals surface area contributed by atoms with E-state index in [1.54, 1.807) is 0 Å². The van der Waals surface area contributed by atoms with Crippen LogP contribution in [0.4, 0.5) is 0 Å². The number of hydrogen-bond acceptors (Lipinski definition) is 3. The number of carbonyl (C=O) groups is 1. The predicted molar refractivity (Wildman–Crippen MR) is 75.8 cm³/mol. The van der Waals surface area contributed by atoms with E-state index in [1.807, 2.05) is 18.7 Å². The quantitative estimate of drug-likeness (QED) is 0.810. The van der Waals surface area contributed by atoms with Crippen LogP contribution in [0.3, 0.4) is 0 Å². The van der Waals surface area contributed by atoms with Gasteiger partial charge in [0.1, 0.15) is 0 Å². The van der Waals surface area contributed by atoms with Crippen molar-refractivity contribution in [3.05, 3.63) is 0 Å². The Hall–Kier alpha value is -0.610. The summed E-state index contributed by atoms with van der Waals surface area (Å²) in [6.07, 6.45) is 4.86. The molecule has 4 nitrogen and oxygen atoms in total. The topological polar surface area (TPSA) is 52.6 Å². The molecule has 0 aromatic heterocycles. The highest BCUT2D eigenvalue weighted by atomic mass is 16.3. The van der Waals surface area contributed by atoms with Crippen LogP contribution in [-0.4, -0.2) is 47.2 Å². The van der Waals surface area contributed by atoms with Gasteiger partial charge >= 0.3 is 0 Å². The Kier molecular flexibility index (Phi) is 4.51. The highest BCUT2D eigenvalue weighted by Crippen LogP contribution is 2.28. The van der Waals surface area contributed by atoms with E-state index in [0.717, 1.165) is 6.42 Å². The van der Waals surface area contributed by atoms with Crippen LogP contribution >= 0.6 is 0 Å². The largest absolute Gasteiger partial charge is 0.387 e. The van der Waals surface area contributed by atoms with Crippen LogP contribution in [-0.2, 0) is 4.79 Å². The summed E-state index contributed by atoms with van der Waals surface area (Å²) in [5, 5.41) is 13.3. The van der Waals surface area contributed by atoms with Crippen molar-refractivity contribution in [2.75, 3.05) is 19.6 Å². The molecule has 1 aliphatic heterocycles. The fraction of sp³-hybridized carbons (Fsp3) is 0.933. The first-order valence-electron chi connectivity index (χ1n) is 7.65. The zero-order chi connectivity index (χ0) is 14.0. The van der Waals surface area contributed by atoms with Gasteiger partial charge in [-0.05, 0) is 24.7 Å². The molecular weight excluding hydrogens is 240 g/mol. The van der Waals surface area contributed by atoms with Gasteiger partial charge in [-0.25, -0.2) is 0 Å². The van der Waals surface area contributed by atoms with Crippen LogP contribution in [0.5, 0.6) is 0 Å². The van der Waals surface area contributed by atoms with Gasteiger partial charge in [-0.1, -0.05) is 33.6 Å². The van der Waals surface area contributed by atoms with E-state index in [-0.39, 0.29) is 11.8 Å². The molecular formula is C15H28N2O2. The molecule has 1 heterocycles. The van der Waals surface area contributed by atoms with Crippen LogP contribution in [0.25, 0.3) is 0 Å². The summed E-state index contributed by atoms with van der Waals surface area (Å²) in [5.41, 5.74) is -0.585. The van der Waals surface area contributed by atoms with Crippen molar-refractivity contribution in [1.29, 1.82) is 0 Å². The van der Waals surface area contributed by atoms with Gasteiger partial charge in [-0.2, -0.15) is 0 Å². The second-order valence-corrected chi connectivity index (χ2v) is 6.84. The lowest BCUT2D eigenvalue weighted by Crippen LogP contribution is -2.66. The standard InChI is InChI=1S/C15H28N2O2/c1-11(2)15(19)9-17(10-15)8-14(18)16-13-7-5-4-6-12(13)3/h11-13,19H,4-10H2,1-3H3,(H,16,18). The van der Waals surface area contributed by atoms with Crippen molar-refractivity contribution in [2.24, 2.45) is 11.8 Å². The van der Waals surface area contributed by atoms with E-state index >= 15 is 0 Å². The van der Waals surface area contributed by atoms with Crippen LogP contribution in [0.15, 0.2) is 0 Å². The number of amides is 1. The number of likely N-dealkylation sites (tertiary alicyclic amines) is 1. The summed E-state index contributed by atoms with van der Waals surface area (Å²) in [5.74, 6) is 0.969. The van der Waals surface area contributed by atoms with Gasteiger partial charge in [-0.3, -0.25) is 9.69 Å². The van der Waals surface area contributed by atoms with Crippen LogP contribution in [0.1, 0.15) is 46.5 Å². The predicted octanol–water partition coefficient (Wildman–Crippen LogP) is 1.38. The van der Waals surface area contributed by atoms with Gasteiger partial charge in [0.15, 0.2) is 0 Å². The lowest BCUT2D eigenvalue weighted by atomic mass is 9.83. The van der Waals surface area contributed by atoms with E-state index in [4.69, 9.17) is 0 Å². The second-order valence-electron chi connectivity index (χ2n) is 6.84. The minimum atomic E-state index is -0.585. The SMILES string of the molecule is CC1CCCCC1NC(=O)CN1CC(O)(C(C)C)C1.